The van der Waals surface area contributed by atoms with Crippen molar-refractivity contribution < 1.29 is 9.18 Å². The van der Waals surface area contributed by atoms with Crippen LogP contribution in [0.5, 0.6) is 0 Å². The summed E-state index contributed by atoms with van der Waals surface area (Å²) in [7, 11) is 0. The third-order valence-corrected chi connectivity index (χ3v) is 5.32. The van der Waals surface area contributed by atoms with Gasteiger partial charge in [-0.15, -0.1) is 5.10 Å². The summed E-state index contributed by atoms with van der Waals surface area (Å²) in [6.45, 7) is 2.77. The Hall–Kier alpha value is -3.33. The van der Waals surface area contributed by atoms with Gasteiger partial charge in [0.2, 0.25) is 0 Å². The Morgan fingerprint density at radius 1 is 1.10 bits per heavy atom. The minimum atomic E-state index is -0.365. The summed E-state index contributed by atoms with van der Waals surface area (Å²) < 4.78 is 15.2. The standard InChI is InChI=1S/C21H19FN6OS/c1-2-12-27-19(24-25-26-27)14-30-21-23-18(13-15-6-4-3-5-7-15)20(29)28(21)17-10-8-16(22)9-11-17/h3-11,13H,2,12,14H2,1H3/b18-13-. The van der Waals surface area contributed by atoms with Gasteiger partial charge in [-0.2, -0.15) is 0 Å². The van der Waals surface area contributed by atoms with Gasteiger partial charge in [0.25, 0.3) is 5.91 Å². The third kappa shape index (κ3) is 4.30. The maximum absolute atomic E-state index is 13.4. The van der Waals surface area contributed by atoms with Gasteiger partial charge in [0, 0.05) is 6.54 Å². The van der Waals surface area contributed by atoms with Crippen LogP contribution in [0.15, 0.2) is 65.3 Å². The zero-order valence-corrected chi connectivity index (χ0v) is 17.1. The number of nitrogens with zero attached hydrogens (tertiary/aromatic N) is 6. The van der Waals surface area contributed by atoms with Gasteiger partial charge in [-0.3, -0.25) is 9.69 Å². The predicted octanol–water partition coefficient (Wildman–Crippen LogP) is 3.90. The van der Waals surface area contributed by atoms with Crippen molar-refractivity contribution in [1.29, 1.82) is 0 Å². The first-order chi connectivity index (χ1) is 14.7. The lowest BCUT2D eigenvalue weighted by molar-refractivity contribution is -0.113. The van der Waals surface area contributed by atoms with Crippen LogP contribution in [-0.4, -0.2) is 31.3 Å². The molecule has 0 unspecified atom stereocenters. The number of amidine groups is 1. The Kier molecular flexibility index (Phi) is 5.99. The van der Waals surface area contributed by atoms with Gasteiger partial charge in [-0.05, 0) is 52.8 Å². The number of halogens is 1. The van der Waals surface area contributed by atoms with Gasteiger partial charge in [0.1, 0.15) is 11.5 Å². The Balaban J connectivity index is 1.64. The van der Waals surface area contributed by atoms with E-state index in [2.05, 4.69) is 27.4 Å². The van der Waals surface area contributed by atoms with Crippen LogP contribution in [0.25, 0.3) is 6.08 Å². The summed E-state index contributed by atoms with van der Waals surface area (Å²) in [6, 6.07) is 15.3. The second-order valence-electron chi connectivity index (χ2n) is 6.56. The number of aliphatic imine (C=N–C) groups is 1. The van der Waals surface area contributed by atoms with Gasteiger partial charge >= 0.3 is 0 Å². The van der Waals surface area contributed by atoms with Crippen molar-refractivity contribution in [3.63, 3.8) is 0 Å². The number of benzene rings is 2. The fourth-order valence-electron chi connectivity index (χ4n) is 2.96. The molecule has 0 aliphatic carbocycles. The number of aryl methyl sites for hydroxylation is 1. The van der Waals surface area contributed by atoms with Crippen molar-refractivity contribution in [3.8, 4) is 0 Å². The second kappa shape index (κ2) is 9.00. The number of anilines is 1. The van der Waals surface area contributed by atoms with E-state index in [1.807, 2.05) is 30.3 Å². The highest BCUT2D eigenvalue weighted by molar-refractivity contribution is 8.13. The highest BCUT2D eigenvalue weighted by Crippen LogP contribution is 2.30. The van der Waals surface area contributed by atoms with Crippen LogP contribution in [0.2, 0.25) is 0 Å². The minimum Gasteiger partial charge on any atom is -0.266 e. The molecule has 0 saturated heterocycles. The van der Waals surface area contributed by atoms with Crippen LogP contribution in [0.4, 0.5) is 10.1 Å². The summed E-state index contributed by atoms with van der Waals surface area (Å²) in [6.07, 6.45) is 2.65. The molecule has 1 aromatic heterocycles. The smallest absolute Gasteiger partial charge is 0.266 e. The molecule has 4 rings (SSSR count). The molecule has 7 nitrogen and oxygen atoms in total. The number of hydrogen-bond donors (Lipinski definition) is 0. The minimum absolute atomic E-state index is 0.263. The summed E-state index contributed by atoms with van der Waals surface area (Å²) in [5, 5.41) is 12.3. The van der Waals surface area contributed by atoms with E-state index in [0.29, 0.717) is 28.1 Å². The van der Waals surface area contributed by atoms with Gasteiger partial charge in [0.05, 0.1) is 11.4 Å². The number of rotatable bonds is 6. The van der Waals surface area contributed by atoms with E-state index in [1.54, 1.807) is 22.9 Å². The molecule has 0 N–H and O–H groups in total. The molecule has 0 bridgehead atoms. The Morgan fingerprint density at radius 3 is 2.60 bits per heavy atom. The number of hydrogen-bond acceptors (Lipinski definition) is 6. The predicted molar refractivity (Wildman–Crippen MR) is 115 cm³/mol. The lowest BCUT2D eigenvalue weighted by Gasteiger charge is -2.17. The molecular weight excluding hydrogens is 403 g/mol. The number of aromatic nitrogens is 4. The maximum atomic E-state index is 13.4. The largest absolute Gasteiger partial charge is 0.283 e. The second-order valence-corrected chi connectivity index (χ2v) is 7.50. The molecule has 0 fully saturated rings. The van der Waals surface area contributed by atoms with Crippen molar-refractivity contribution in [3.05, 3.63) is 77.5 Å². The van der Waals surface area contributed by atoms with Crippen LogP contribution in [0, 0.1) is 5.82 Å². The lowest BCUT2D eigenvalue weighted by atomic mass is 10.2. The molecule has 3 aromatic rings. The van der Waals surface area contributed by atoms with Crippen LogP contribution in [0.1, 0.15) is 24.7 Å². The topological polar surface area (TPSA) is 76.3 Å². The number of tetrazole rings is 1. The highest BCUT2D eigenvalue weighted by Gasteiger charge is 2.32. The van der Waals surface area contributed by atoms with Crippen LogP contribution >= 0.6 is 11.8 Å². The summed E-state index contributed by atoms with van der Waals surface area (Å²) in [5.74, 6) is 0.531. The highest BCUT2D eigenvalue weighted by atomic mass is 32.2. The number of thioether (sulfide) groups is 1. The summed E-state index contributed by atoms with van der Waals surface area (Å²) in [4.78, 5) is 19.2. The lowest BCUT2D eigenvalue weighted by Crippen LogP contribution is -2.30. The molecule has 152 valence electrons. The first-order valence-corrected chi connectivity index (χ1v) is 10.5. The van der Waals surface area contributed by atoms with Crippen LogP contribution in [0.3, 0.4) is 0 Å². The monoisotopic (exact) mass is 422 g/mol. The molecule has 0 spiro atoms. The van der Waals surface area contributed by atoms with E-state index >= 15 is 0 Å². The van der Waals surface area contributed by atoms with Gasteiger partial charge in [-0.1, -0.05) is 49.0 Å². The molecule has 0 saturated carbocycles. The fraction of sp³-hybridized carbons (Fsp3) is 0.190. The SMILES string of the molecule is CCCn1nnnc1CSC1=N/C(=C\c2ccccc2)C(=O)N1c1ccc(F)cc1. The molecule has 1 amide bonds. The van der Waals surface area contributed by atoms with Crippen LogP contribution in [-0.2, 0) is 17.1 Å². The van der Waals surface area contributed by atoms with Gasteiger partial charge in [-0.25, -0.2) is 14.1 Å². The van der Waals surface area contributed by atoms with E-state index in [9.17, 15) is 9.18 Å². The van der Waals surface area contributed by atoms with E-state index in [-0.39, 0.29) is 11.7 Å². The fourth-order valence-corrected chi connectivity index (χ4v) is 3.90. The van der Waals surface area contributed by atoms with Gasteiger partial charge < -0.3 is 0 Å². The quantitative estimate of drug-likeness (QED) is 0.563. The molecule has 1 aliphatic heterocycles. The van der Waals surface area contributed by atoms with E-state index in [1.165, 1.54) is 28.8 Å². The van der Waals surface area contributed by atoms with Crippen molar-refractivity contribution >= 4 is 34.6 Å². The van der Waals surface area contributed by atoms with E-state index in [4.69, 9.17) is 0 Å². The average molecular weight is 422 g/mol. The van der Waals surface area contributed by atoms with Crippen molar-refractivity contribution in [2.45, 2.75) is 25.6 Å². The van der Waals surface area contributed by atoms with Crippen molar-refractivity contribution in [1.82, 2.24) is 20.2 Å². The Bertz CT molecular complexity index is 1090. The zero-order valence-electron chi connectivity index (χ0n) is 16.3. The van der Waals surface area contributed by atoms with Crippen molar-refractivity contribution in [2.75, 3.05) is 4.90 Å². The molecule has 30 heavy (non-hydrogen) atoms. The molecule has 0 atom stereocenters. The zero-order chi connectivity index (χ0) is 20.9. The molecular formula is C21H19FN6OS. The summed E-state index contributed by atoms with van der Waals surface area (Å²) >= 11 is 1.36. The van der Waals surface area contributed by atoms with E-state index < -0.39 is 0 Å². The molecule has 2 heterocycles. The number of amides is 1. The molecule has 1 aliphatic rings. The molecule has 9 heteroatoms. The van der Waals surface area contributed by atoms with Crippen LogP contribution < -0.4 is 4.90 Å². The van der Waals surface area contributed by atoms with Gasteiger partial charge in [0.15, 0.2) is 11.0 Å². The third-order valence-electron chi connectivity index (χ3n) is 4.39. The first kappa shape index (κ1) is 20.0. The number of carbonyl (C=O) groups is 1. The normalized spacial score (nSPS) is 15.1. The molecule has 2 aromatic carbocycles. The maximum Gasteiger partial charge on any atom is 0.283 e. The van der Waals surface area contributed by atoms with E-state index in [0.717, 1.165) is 18.5 Å². The Morgan fingerprint density at radius 2 is 1.87 bits per heavy atom. The summed E-state index contributed by atoms with van der Waals surface area (Å²) in [5.41, 5.74) is 1.75. The average Bonchev–Trinajstić information content (AvgIpc) is 3.32. The first-order valence-electron chi connectivity index (χ1n) is 9.49. The Labute approximate surface area is 177 Å². The molecule has 0 radical (unpaired) electrons. The number of carbonyl (C=O) groups excluding carboxylic acids is 1. The van der Waals surface area contributed by atoms with Crippen molar-refractivity contribution in [2.24, 2.45) is 4.99 Å².